The number of hydrogen-bond donors (Lipinski definition) is 1. The second kappa shape index (κ2) is 5.00. The van der Waals surface area contributed by atoms with Crippen LogP contribution in [0, 0.1) is 24.6 Å². The van der Waals surface area contributed by atoms with Crippen LogP contribution in [-0.4, -0.2) is 12.6 Å². The molecule has 2 heteroatoms. The van der Waals surface area contributed by atoms with Crippen molar-refractivity contribution in [2.45, 2.75) is 45.1 Å². The van der Waals surface area contributed by atoms with Crippen molar-refractivity contribution in [2.24, 2.45) is 11.8 Å². The largest absolute Gasteiger partial charge is 0.313 e. The predicted molar refractivity (Wildman–Crippen MR) is 72.1 cm³/mol. The van der Waals surface area contributed by atoms with Gasteiger partial charge in [-0.25, -0.2) is 4.39 Å². The standard InChI is InChI=1S/C16H22FN/c1-11-10-15(17)7-6-12(11)8-9-18-16(13-2-3-13)14-4-5-14/h6-7,10,13-14,16,18H,2-5,8-9H2,1H3. The molecule has 18 heavy (non-hydrogen) atoms. The monoisotopic (exact) mass is 247 g/mol. The van der Waals surface area contributed by atoms with Crippen LogP contribution < -0.4 is 5.32 Å². The highest BCUT2D eigenvalue weighted by atomic mass is 19.1. The van der Waals surface area contributed by atoms with Gasteiger partial charge in [-0.2, -0.15) is 0 Å². The van der Waals surface area contributed by atoms with E-state index in [0.29, 0.717) is 0 Å². The minimum atomic E-state index is -0.127. The highest BCUT2D eigenvalue weighted by molar-refractivity contribution is 5.26. The molecule has 0 amide bonds. The van der Waals surface area contributed by atoms with Crippen LogP contribution in [0.1, 0.15) is 36.8 Å². The van der Waals surface area contributed by atoms with Gasteiger partial charge in [0.2, 0.25) is 0 Å². The van der Waals surface area contributed by atoms with E-state index >= 15 is 0 Å². The van der Waals surface area contributed by atoms with Crippen molar-refractivity contribution in [3.8, 4) is 0 Å². The van der Waals surface area contributed by atoms with Crippen LogP contribution in [0.5, 0.6) is 0 Å². The van der Waals surface area contributed by atoms with Gasteiger partial charge in [-0.15, -0.1) is 0 Å². The summed E-state index contributed by atoms with van der Waals surface area (Å²) in [6.07, 6.45) is 6.70. The molecule has 3 rings (SSSR count). The highest BCUT2D eigenvalue weighted by Crippen LogP contribution is 2.44. The van der Waals surface area contributed by atoms with Gasteiger partial charge in [-0.1, -0.05) is 6.07 Å². The molecule has 2 aliphatic carbocycles. The summed E-state index contributed by atoms with van der Waals surface area (Å²) in [6.45, 7) is 3.03. The molecule has 2 aliphatic rings. The fraction of sp³-hybridized carbons (Fsp3) is 0.625. The number of nitrogens with one attached hydrogen (secondary N) is 1. The Kier molecular flexibility index (Phi) is 3.38. The lowest BCUT2D eigenvalue weighted by molar-refractivity contribution is 0.420. The number of aryl methyl sites for hydroxylation is 1. The van der Waals surface area contributed by atoms with Crippen molar-refractivity contribution in [2.75, 3.05) is 6.54 Å². The Bertz CT molecular complexity index is 409. The first kappa shape index (κ1) is 12.2. The van der Waals surface area contributed by atoms with E-state index in [1.165, 1.54) is 31.2 Å². The topological polar surface area (TPSA) is 12.0 Å². The summed E-state index contributed by atoms with van der Waals surface area (Å²) in [5.41, 5.74) is 2.35. The highest BCUT2D eigenvalue weighted by Gasteiger charge is 2.40. The SMILES string of the molecule is Cc1cc(F)ccc1CCNC(C1CC1)C1CC1. The molecular formula is C16H22FN. The molecule has 98 valence electrons. The molecule has 2 fully saturated rings. The van der Waals surface area contributed by atoms with E-state index in [9.17, 15) is 4.39 Å². The average molecular weight is 247 g/mol. The van der Waals surface area contributed by atoms with Crippen LogP contribution >= 0.6 is 0 Å². The van der Waals surface area contributed by atoms with Gasteiger partial charge in [0.05, 0.1) is 0 Å². The summed E-state index contributed by atoms with van der Waals surface area (Å²) in [5.74, 6) is 1.77. The second-order valence-corrected chi connectivity index (χ2v) is 5.98. The van der Waals surface area contributed by atoms with Crippen LogP contribution in [-0.2, 0) is 6.42 Å². The summed E-state index contributed by atoms with van der Waals surface area (Å²) in [6, 6.07) is 5.90. The molecule has 0 aliphatic heterocycles. The van der Waals surface area contributed by atoms with E-state index in [0.717, 1.165) is 36.4 Å². The third-order valence-corrected chi connectivity index (χ3v) is 4.34. The van der Waals surface area contributed by atoms with E-state index in [4.69, 9.17) is 0 Å². The van der Waals surface area contributed by atoms with E-state index in [1.54, 1.807) is 12.1 Å². The van der Waals surface area contributed by atoms with Crippen LogP contribution in [0.2, 0.25) is 0 Å². The third-order valence-electron chi connectivity index (χ3n) is 4.34. The van der Waals surface area contributed by atoms with E-state index in [-0.39, 0.29) is 5.82 Å². The van der Waals surface area contributed by atoms with E-state index in [2.05, 4.69) is 5.32 Å². The van der Waals surface area contributed by atoms with Gasteiger partial charge < -0.3 is 5.32 Å². The van der Waals surface area contributed by atoms with Crippen LogP contribution in [0.15, 0.2) is 18.2 Å². The summed E-state index contributed by atoms with van der Waals surface area (Å²) < 4.78 is 13.0. The van der Waals surface area contributed by atoms with Crippen molar-refractivity contribution in [1.82, 2.24) is 5.32 Å². The first-order valence-corrected chi connectivity index (χ1v) is 7.22. The number of benzene rings is 1. The van der Waals surface area contributed by atoms with Crippen molar-refractivity contribution < 1.29 is 4.39 Å². The zero-order valence-electron chi connectivity index (χ0n) is 11.1. The molecule has 0 aromatic heterocycles. The zero-order valence-corrected chi connectivity index (χ0v) is 11.1. The smallest absolute Gasteiger partial charge is 0.123 e. The minimum Gasteiger partial charge on any atom is -0.313 e. The Labute approximate surface area is 109 Å². The van der Waals surface area contributed by atoms with Crippen molar-refractivity contribution >= 4 is 0 Å². The molecule has 0 atom stereocenters. The maximum atomic E-state index is 13.0. The fourth-order valence-electron chi connectivity index (χ4n) is 2.94. The quantitative estimate of drug-likeness (QED) is 0.812. The van der Waals surface area contributed by atoms with Gasteiger partial charge in [-0.05, 0) is 80.7 Å². The summed E-state index contributed by atoms with van der Waals surface area (Å²) in [4.78, 5) is 0. The molecule has 2 saturated carbocycles. The average Bonchev–Trinajstić information content (AvgIpc) is 3.20. The van der Waals surface area contributed by atoms with E-state index < -0.39 is 0 Å². The molecule has 0 bridgehead atoms. The minimum absolute atomic E-state index is 0.127. The number of halogens is 1. The molecule has 1 aromatic rings. The Morgan fingerprint density at radius 3 is 2.44 bits per heavy atom. The summed E-state index contributed by atoms with van der Waals surface area (Å²) >= 11 is 0. The lowest BCUT2D eigenvalue weighted by atomic mass is 10.0. The lowest BCUT2D eigenvalue weighted by Gasteiger charge is -2.18. The van der Waals surface area contributed by atoms with Gasteiger partial charge in [0.25, 0.3) is 0 Å². The first-order chi connectivity index (χ1) is 8.74. The second-order valence-electron chi connectivity index (χ2n) is 5.98. The van der Waals surface area contributed by atoms with E-state index in [1.807, 2.05) is 13.0 Å². The number of rotatable bonds is 6. The zero-order chi connectivity index (χ0) is 12.5. The van der Waals surface area contributed by atoms with Crippen LogP contribution in [0.25, 0.3) is 0 Å². The van der Waals surface area contributed by atoms with Gasteiger partial charge in [0.1, 0.15) is 5.82 Å². The van der Waals surface area contributed by atoms with Gasteiger partial charge in [0, 0.05) is 6.04 Å². The van der Waals surface area contributed by atoms with Gasteiger partial charge in [-0.3, -0.25) is 0 Å². The Morgan fingerprint density at radius 1 is 1.22 bits per heavy atom. The Morgan fingerprint density at radius 2 is 1.89 bits per heavy atom. The molecule has 0 radical (unpaired) electrons. The maximum Gasteiger partial charge on any atom is 0.123 e. The predicted octanol–water partition coefficient (Wildman–Crippen LogP) is 3.45. The first-order valence-electron chi connectivity index (χ1n) is 7.22. The molecule has 0 saturated heterocycles. The van der Waals surface area contributed by atoms with Crippen molar-refractivity contribution in [3.63, 3.8) is 0 Å². The van der Waals surface area contributed by atoms with Crippen molar-refractivity contribution in [1.29, 1.82) is 0 Å². The normalized spacial score (nSPS) is 19.5. The van der Waals surface area contributed by atoms with Crippen LogP contribution in [0.3, 0.4) is 0 Å². The summed E-state index contributed by atoms with van der Waals surface area (Å²) in [7, 11) is 0. The van der Waals surface area contributed by atoms with Crippen LogP contribution in [0.4, 0.5) is 4.39 Å². The van der Waals surface area contributed by atoms with Crippen molar-refractivity contribution in [3.05, 3.63) is 35.1 Å². The summed E-state index contributed by atoms with van der Waals surface area (Å²) in [5, 5.41) is 3.74. The third kappa shape index (κ3) is 2.92. The fourth-order valence-corrected chi connectivity index (χ4v) is 2.94. The Hall–Kier alpha value is -0.890. The molecule has 1 N–H and O–H groups in total. The molecular weight excluding hydrogens is 225 g/mol. The molecule has 1 nitrogen and oxygen atoms in total. The van der Waals surface area contributed by atoms with Gasteiger partial charge in [0.15, 0.2) is 0 Å². The molecule has 0 spiro atoms. The number of hydrogen-bond acceptors (Lipinski definition) is 1. The molecule has 1 aromatic carbocycles. The lowest BCUT2D eigenvalue weighted by Crippen LogP contribution is -2.34. The van der Waals surface area contributed by atoms with Gasteiger partial charge >= 0.3 is 0 Å². The maximum absolute atomic E-state index is 13.0. The molecule has 0 unspecified atom stereocenters. The molecule has 0 heterocycles. The Balaban J connectivity index is 1.51.